The molecule has 1 saturated heterocycles. The predicted molar refractivity (Wildman–Crippen MR) is 107 cm³/mol. The molecule has 1 aromatic heterocycles. The lowest BCUT2D eigenvalue weighted by Gasteiger charge is -2.24. The minimum Gasteiger partial charge on any atom is -0.394 e. The van der Waals surface area contributed by atoms with E-state index in [9.17, 15) is 15.3 Å². The van der Waals surface area contributed by atoms with Gasteiger partial charge in [-0.2, -0.15) is 0 Å². The summed E-state index contributed by atoms with van der Waals surface area (Å²) in [7, 11) is 0. The van der Waals surface area contributed by atoms with Crippen molar-refractivity contribution < 1.29 is 24.9 Å². The monoisotopic (exact) mass is 469 g/mol. The second-order valence-corrected chi connectivity index (χ2v) is 6.88. The highest BCUT2D eigenvalue weighted by Gasteiger charge is 2.43. The van der Waals surface area contributed by atoms with Gasteiger partial charge in [0, 0.05) is 0 Å². The average molecular weight is 470 g/mol. The number of nitrogens with two attached hydrogens (primary N) is 1. The maximum atomic E-state index is 10.2. The summed E-state index contributed by atoms with van der Waals surface area (Å²) in [5, 5.41) is 31.3. The molecule has 0 amide bonds. The zero-order chi connectivity index (χ0) is 19.8. The molecule has 1 aromatic carbocycles. The Morgan fingerprint density at radius 2 is 1.97 bits per heavy atom. The summed E-state index contributed by atoms with van der Waals surface area (Å²) in [6.45, 7) is 2.09. The summed E-state index contributed by atoms with van der Waals surface area (Å²) >= 11 is 0. The van der Waals surface area contributed by atoms with Gasteiger partial charge in [0.1, 0.15) is 36.9 Å². The van der Waals surface area contributed by atoms with Crippen LogP contribution in [0.2, 0.25) is 0 Å². The molecule has 0 radical (unpaired) electrons. The van der Waals surface area contributed by atoms with Crippen LogP contribution in [0.25, 0.3) is 5.82 Å². The molecule has 3 heterocycles. The minimum atomic E-state index is -1.22. The summed E-state index contributed by atoms with van der Waals surface area (Å²) < 4.78 is 7.04. The van der Waals surface area contributed by atoms with Crippen molar-refractivity contribution in [1.29, 1.82) is 0 Å². The van der Waals surface area contributed by atoms with E-state index >= 15 is 0 Å². The Hall–Kier alpha value is -2.02. The lowest BCUT2D eigenvalue weighted by atomic mass is 10.1. The molecular weight excluding hydrogens is 446 g/mol. The van der Waals surface area contributed by atoms with E-state index in [0.29, 0.717) is 23.3 Å². The van der Waals surface area contributed by atoms with Gasteiger partial charge in [0.2, 0.25) is 0 Å². The third-order valence-electron chi connectivity index (χ3n) is 4.93. The maximum Gasteiger partial charge on any atom is 0.165 e. The standard InChI is InChI=1S/C18H23N5O5.BrH/c1-10-2-4-11(5-3-10)7-27-23-9-21-17-13(16(23)19)20-8-22(17)18-15(26)14(25)12(6-24)28-18;/h2-5,8,12,14-15,18,24-26H,6-7,9,19H2,1H3;1H/t12-,14-,15-,18-;/m1./s1. The van der Waals surface area contributed by atoms with Crippen LogP contribution in [0.15, 0.2) is 35.6 Å². The van der Waals surface area contributed by atoms with E-state index in [1.807, 2.05) is 31.2 Å². The number of ether oxygens (including phenoxy) is 1. The number of nitrogens with zero attached hydrogens (tertiary/aromatic N) is 4. The van der Waals surface area contributed by atoms with Crippen molar-refractivity contribution in [2.45, 2.75) is 38.1 Å². The average Bonchev–Trinajstić information content (AvgIpc) is 3.24. The summed E-state index contributed by atoms with van der Waals surface area (Å²) in [5.74, 6) is 0.294. The summed E-state index contributed by atoms with van der Waals surface area (Å²) in [4.78, 5) is 14.5. The maximum absolute atomic E-state index is 10.2. The number of rotatable bonds is 5. The van der Waals surface area contributed by atoms with E-state index in [2.05, 4.69) is 9.98 Å². The van der Waals surface area contributed by atoms with Crippen LogP contribution in [-0.2, 0) is 16.2 Å². The Bertz CT molecular complexity index is 966. The van der Waals surface area contributed by atoms with Gasteiger partial charge in [0.25, 0.3) is 0 Å². The van der Waals surface area contributed by atoms with Crippen LogP contribution in [0.4, 0.5) is 0 Å². The first-order chi connectivity index (χ1) is 13.5. The quantitative estimate of drug-likeness (QED) is 0.411. The number of hydroxylamine groups is 2. The zero-order valence-electron chi connectivity index (χ0n) is 15.8. The smallest absolute Gasteiger partial charge is 0.165 e. The molecule has 29 heavy (non-hydrogen) atoms. The Kier molecular flexibility index (Phi) is 6.56. The number of aryl methyl sites for hydroxylation is 1. The highest BCUT2D eigenvalue weighted by Crippen LogP contribution is 2.27. The van der Waals surface area contributed by atoms with Gasteiger partial charge < -0.3 is 25.8 Å². The van der Waals surface area contributed by atoms with Crippen molar-refractivity contribution in [3.63, 3.8) is 0 Å². The molecule has 10 nitrogen and oxygen atoms in total. The fourth-order valence-electron chi connectivity index (χ4n) is 3.26. The molecule has 11 heteroatoms. The highest BCUT2D eigenvalue weighted by molar-refractivity contribution is 8.93. The number of halogens is 1. The molecule has 0 bridgehead atoms. The molecular formula is C18H24BrN5O5. The van der Waals surface area contributed by atoms with Gasteiger partial charge in [-0.3, -0.25) is 9.40 Å². The van der Waals surface area contributed by atoms with Crippen molar-refractivity contribution in [1.82, 2.24) is 14.6 Å². The molecule has 0 unspecified atom stereocenters. The number of aliphatic hydroxyl groups excluding tert-OH is 3. The van der Waals surface area contributed by atoms with Crippen LogP contribution in [0, 0.1) is 6.92 Å². The van der Waals surface area contributed by atoms with E-state index in [0.717, 1.165) is 5.56 Å². The molecule has 158 valence electrons. The third kappa shape index (κ3) is 4.02. The van der Waals surface area contributed by atoms with Crippen molar-refractivity contribution in [3.8, 4) is 0 Å². The van der Waals surface area contributed by atoms with Gasteiger partial charge in [0.05, 0.1) is 12.9 Å². The Balaban J connectivity index is 0.00000240. The highest BCUT2D eigenvalue weighted by atomic mass is 79.9. The second-order valence-electron chi connectivity index (χ2n) is 6.88. The van der Waals surface area contributed by atoms with Gasteiger partial charge >= 0.3 is 0 Å². The van der Waals surface area contributed by atoms with E-state index in [4.69, 9.17) is 15.3 Å². The van der Waals surface area contributed by atoms with Crippen LogP contribution in [-0.4, -0.2) is 61.5 Å². The molecule has 0 aliphatic carbocycles. The number of aromatic nitrogens is 2. The molecule has 2 aliphatic heterocycles. The first-order valence-electron chi connectivity index (χ1n) is 8.95. The van der Waals surface area contributed by atoms with Gasteiger partial charge in [-0.1, -0.05) is 29.8 Å². The number of hydrogen-bond donors (Lipinski definition) is 4. The first kappa shape index (κ1) is 21.7. The Labute approximate surface area is 177 Å². The SMILES string of the molecule is Br.Cc1ccc(CON2CN=c3c(ncn3[C@@H]3O[C@H](CO)[C@@H](O)[C@H]3O)=C2N)cc1. The lowest BCUT2D eigenvalue weighted by Crippen LogP contribution is -2.47. The largest absolute Gasteiger partial charge is 0.394 e. The number of hydrogen-bond acceptors (Lipinski definition) is 9. The third-order valence-corrected chi connectivity index (χ3v) is 4.93. The molecule has 5 N–H and O–H groups in total. The van der Waals surface area contributed by atoms with Crippen LogP contribution >= 0.6 is 17.0 Å². The molecule has 1 fully saturated rings. The van der Waals surface area contributed by atoms with Crippen molar-refractivity contribution in [2.75, 3.05) is 13.3 Å². The van der Waals surface area contributed by atoms with E-state index < -0.39 is 31.1 Å². The number of benzene rings is 1. The van der Waals surface area contributed by atoms with Gasteiger partial charge in [-0.15, -0.1) is 17.0 Å². The van der Waals surface area contributed by atoms with Crippen molar-refractivity contribution >= 4 is 22.8 Å². The first-order valence-corrected chi connectivity index (χ1v) is 8.95. The fraction of sp³-hybridized carbons (Fsp3) is 0.444. The lowest BCUT2D eigenvalue weighted by molar-refractivity contribution is -0.124. The van der Waals surface area contributed by atoms with Gasteiger partial charge in [-0.25, -0.2) is 15.0 Å². The van der Waals surface area contributed by atoms with Crippen molar-refractivity contribution in [2.24, 2.45) is 10.7 Å². The minimum absolute atomic E-state index is 0. The molecule has 2 aliphatic rings. The number of imidazole rings is 1. The van der Waals surface area contributed by atoms with E-state index in [-0.39, 0.29) is 23.7 Å². The zero-order valence-corrected chi connectivity index (χ0v) is 17.5. The van der Waals surface area contributed by atoms with Gasteiger partial charge in [-0.05, 0) is 12.5 Å². The van der Waals surface area contributed by atoms with Crippen LogP contribution < -0.4 is 16.6 Å². The summed E-state index contributed by atoms with van der Waals surface area (Å²) in [6.07, 6.45) is -2.78. The molecule has 4 rings (SSSR count). The topological polar surface area (TPSA) is 139 Å². The van der Waals surface area contributed by atoms with Gasteiger partial charge in [0.15, 0.2) is 17.5 Å². The van der Waals surface area contributed by atoms with Crippen LogP contribution in [0.3, 0.4) is 0 Å². The second kappa shape index (κ2) is 8.78. The normalized spacial score (nSPS) is 26.1. The van der Waals surface area contributed by atoms with E-state index in [1.54, 1.807) is 0 Å². The van der Waals surface area contributed by atoms with Crippen molar-refractivity contribution in [3.05, 3.63) is 52.6 Å². The van der Waals surface area contributed by atoms with E-state index in [1.165, 1.54) is 21.5 Å². The fourth-order valence-corrected chi connectivity index (χ4v) is 3.26. The Morgan fingerprint density at radius 3 is 2.62 bits per heavy atom. The van der Waals surface area contributed by atoms with Crippen LogP contribution in [0.5, 0.6) is 0 Å². The number of fused-ring (bicyclic) bond motifs is 1. The molecule has 4 atom stereocenters. The molecule has 0 saturated carbocycles. The molecule has 0 spiro atoms. The predicted octanol–water partition coefficient (Wildman–Crippen LogP) is -1.57. The Morgan fingerprint density at radius 1 is 1.24 bits per heavy atom. The summed E-state index contributed by atoms with van der Waals surface area (Å²) in [6, 6.07) is 7.98. The number of aliphatic hydroxyl groups is 3. The summed E-state index contributed by atoms with van der Waals surface area (Å²) in [5.41, 5.74) is 8.78. The van der Waals surface area contributed by atoms with Crippen LogP contribution in [0.1, 0.15) is 17.4 Å². The molecule has 2 aromatic rings.